The summed E-state index contributed by atoms with van der Waals surface area (Å²) in [5.41, 5.74) is 2.72. The molecule has 2 rings (SSSR count). The second kappa shape index (κ2) is 6.26. The third-order valence-electron chi connectivity index (χ3n) is 3.06. The molecule has 6 heteroatoms. The highest BCUT2D eigenvalue weighted by atomic mass is 32.1. The summed E-state index contributed by atoms with van der Waals surface area (Å²) >= 11 is 1.53. The van der Waals surface area contributed by atoms with Crippen LogP contribution >= 0.6 is 11.3 Å². The van der Waals surface area contributed by atoms with Crippen LogP contribution in [-0.4, -0.2) is 48.6 Å². The molecule has 1 N–H and O–H groups in total. The number of nitrogens with one attached hydrogen (secondary N) is 1. The molecule has 0 radical (unpaired) electrons. The van der Waals surface area contributed by atoms with Gasteiger partial charge in [-0.15, -0.1) is 11.3 Å². The van der Waals surface area contributed by atoms with Crippen LogP contribution in [0.15, 0.2) is 5.51 Å². The zero-order valence-corrected chi connectivity index (χ0v) is 11.6. The molecule has 1 aromatic rings. The average molecular weight is 269 g/mol. The third kappa shape index (κ3) is 2.88. The fourth-order valence-corrected chi connectivity index (χ4v) is 3.08. The van der Waals surface area contributed by atoms with Gasteiger partial charge in [-0.25, -0.2) is 9.78 Å². The van der Waals surface area contributed by atoms with E-state index in [0.717, 1.165) is 36.8 Å². The van der Waals surface area contributed by atoms with E-state index >= 15 is 0 Å². The second-order valence-corrected chi connectivity index (χ2v) is 5.13. The van der Waals surface area contributed by atoms with Crippen LogP contribution < -0.4 is 5.32 Å². The largest absolute Gasteiger partial charge is 0.465 e. The summed E-state index contributed by atoms with van der Waals surface area (Å²) in [6, 6.07) is -0.292. The molecule has 0 aliphatic carbocycles. The van der Waals surface area contributed by atoms with E-state index in [1.807, 2.05) is 13.8 Å². The van der Waals surface area contributed by atoms with E-state index in [-0.39, 0.29) is 12.0 Å². The van der Waals surface area contributed by atoms with Gasteiger partial charge in [0.05, 0.1) is 22.7 Å². The Labute approximate surface area is 111 Å². The number of hydrogen-bond acceptors (Lipinski definition) is 6. The lowest BCUT2D eigenvalue weighted by Gasteiger charge is -2.32. The minimum atomic E-state index is -0.292. The molecule has 0 amide bonds. The Morgan fingerprint density at radius 3 is 2.89 bits per heavy atom. The monoisotopic (exact) mass is 269 g/mol. The number of carbonyl (C=O) groups excluding carboxylic acids is 1. The number of aromatic nitrogens is 1. The Hall–Kier alpha value is -0.980. The molecule has 1 saturated heterocycles. The Morgan fingerprint density at radius 1 is 1.61 bits per heavy atom. The fraction of sp³-hybridized carbons (Fsp3) is 0.667. The number of nitrogens with zero attached hydrogens (tertiary/aromatic N) is 2. The molecule has 0 spiro atoms. The van der Waals surface area contributed by atoms with Gasteiger partial charge in [0.1, 0.15) is 6.04 Å². The minimum Gasteiger partial charge on any atom is -0.465 e. The van der Waals surface area contributed by atoms with Gasteiger partial charge in [0.2, 0.25) is 0 Å². The molecule has 1 aliphatic rings. The zero-order valence-electron chi connectivity index (χ0n) is 10.8. The van der Waals surface area contributed by atoms with Crippen molar-refractivity contribution in [3.63, 3.8) is 0 Å². The molecule has 0 aromatic carbocycles. The highest BCUT2D eigenvalue weighted by molar-refractivity contribution is 7.10. The van der Waals surface area contributed by atoms with Crippen molar-refractivity contribution >= 4 is 17.3 Å². The first-order chi connectivity index (χ1) is 8.74. The Balaban J connectivity index is 2.22. The number of ether oxygens (including phenoxy) is 1. The molecule has 5 nitrogen and oxygen atoms in total. The molecule has 1 aromatic heterocycles. The standard InChI is InChI=1S/C12H19N3O2S/c1-3-17-12(16)10(11-9(2)14-8-18-11)15-6-4-13-5-7-15/h8,10,13H,3-7H2,1-2H3. The summed E-state index contributed by atoms with van der Waals surface area (Å²) in [5.74, 6) is -0.160. The van der Waals surface area contributed by atoms with E-state index in [0.29, 0.717) is 6.61 Å². The molecule has 1 fully saturated rings. The summed E-state index contributed by atoms with van der Waals surface area (Å²) in [6.45, 7) is 7.74. The smallest absolute Gasteiger partial charge is 0.328 e. The molecule has 1 aliphatic heterocycles. The van der Waals surface area contributed by atoms with E-state index in [1.165, 1.54) is 11.3 Å². The maximum Gasteiger partial charge on any atom is 0.328 e. The molecule has 18 heavy (non-hydrogen) atoms. The van der Waals surface area contributed by atoms with Crippen molar-refractivity contribution < 1.29 is 9.53 Å². The van der Waals surface area contributed by atoms with Crippen molar-refractivity contribution in [2.45, 2.75) is 19.9 Å². The van der Waals surface area contributed by atoms with Gasteiger partial charge in [-0.1, -0.05) is 0 Å². The molecular formula is C12H19N3O2S. The van der Waals surface area contributed by atoms with Crippen LogP contribution in [0.25, 0.3) is 0 Å². The molecular weight excluding hydrogens is 250 g/mol. The first-order valence-electron chi connectivity index (χ1n) is 6.25. The van der Waals surface area contributed by atoms with Crippen molar-refractivity contribution in [2.75, 3.05) is 32.8 Å². The quantitative estimate of drug-likeness (QED) is 0.825. The Kier molecular flexibility index (Phi) is 4.68. The first-order valence-corrected chi connectivity index (χ1v) is 7.13. The fourth-order valence-electron chi connectivity index (χ4n) is 2.16. The number of esters is 1. The van der Waals surface area contributed by atoms with Crippen LogP contribution in [-0.2, 0) is 9.53 Å². The number of piperazine rings is 1. The lowest BCUT2D eigenvalue weighted by Crippen LogP contribution is -2.47. The zero-order chi connectivity index (χ0) is 13.0. The van der Waals surface area contributed by atoms with Crippen molar-refractivity contribution in [3.8, 4) is 0 Å². The lowest BCUT2D eigenvalue weighted by molar-refractivity contribution is -0.150. The Bertz CT molecular complexity index is 402. The third-order valence-corrected chi connectivity index (χ3v) is 4.04. The van der Waals surface area contributed by atoms with Gasteiger partial charge in [0.25, 0.3) is 0 Å². The van der Waals surface area contributed by atoms with Gasteiger partial charge in [0.15, 0.2) is 0 Å². The van der Waals surface area contributed by atoms with E-state index in [2.05, 4.69) is 15.2 Å². The van der Waals surface area contributed by atoms with E-state index in [4.69, 9.17) is 4.74 Å². The summed E-state index contributed by atoms with van der Waals surface area (Å²) in [7, 11) is 0. The van der Waals surface area contributed by atoms with Crippen molar-refractivity contribution in [3.05, 3.63) is 16.1 Å². The van der Waals surface area contributed by atoms with E-state index in [1.54, 1.807) is 5.51 Å². The van der Waals surface area contributed by atoms with Crippen LogP contribution in [0.2, 0.25) is 0 Å². The normalized spacial score (nSPS) is 18.6. The number of aryl methyl sites for hydroxylation is 1. The van der Waals surface area contributed by atoms with Gasteiger partial charge in [-0.2, -0.15) is 0 Å². The number of hydrogen-bond donors (Lipinski definition) is 1. The van der Waals surface area contributed by atoms with Gasteiger partial charge < -0.3 is 10.1 Å². The predicted molar refractivity (Wildman–Crippen MR) is 70.7 cm³/mol. The van der Waals surface area contributed by atoms with E-state index in [9.17, 15) is 4.79 Å². The Morgan fingerprint density at radius 2 is 2.33 bits per heavy atom. The number of carbonyl (C=O) groups is 1. The molecule has 1 atom stereocenters. The van der Waals surface area contributed by atoms with Crippen LogP contribution in [0.1, 0.15) is 23.5 Å². The number of rotatable bonds is 4. The molecule has 1 unspecified atom stereocenters. The second-order valence-electron chi connectivity index (χ2n) is 4.24. The van der Waals surface area contributed by atoms with Crippen LogP contribution in [0.3, 0.4) is 0 Å². The van der Waals surface area contributed by atoms with Gasteiger partial charge in [-0.05, 0) is 13.8 Å². The summed E-state index contributed by atoms with van der Waals surface area (Å²) in [6.07, 6.45) is 0. The lowest BCUT2D eigenvalue weighted by atomic mass is 10.1. The minimum absolute atomic E-state index is 0.160. The van der Waals surface area contributed by atoms with Crippen LogP contribution in [0.5, 0.6) is 0 Å². The molecule has 100 valence electrons. The topological polar surface area (TPSA) is 54.5 Å². The summed E-state index contributed by atoms with van der Waals surface area (Å²) in [5, 5.41) is 3.29. The van der Waals surface area contributed by atoms with Gasteiger partial charge >= 0.3 is 5.97 Å². The van der Waals surface area contributed by atoms with Crippen LogP contribution in [0, 0.1) is 6.92 Å². The highest BCUT2D eigenvalue weighted by Crippen LogP contribution is 2.28. The van der Waals surface area contributed by atoms with Crippen LogP contribution in [0.4, 0.5) is 0 Å². The van der Waals surface area contributed by atoms with E-state index < -0.39 is 0 Å². The van der Waals surface area contributed by atoms with Crippen molar-refractivity contribution in [1.82, 2.24) is 15.2 Å². The summed E-state index contributed by atoms with van der Waals surface area (Å²) in [4.78, 5) is 19.6. The van der Waals surface area contributed by atoms with Gasteiger partial charge in [0, 0.05) is 26.2 Å². The SMILES string of the molecule is CCOC(=O)C(c1scnc1C)N1CCNCC1. The van der Waals surface area contributed by atoms with Gasteiger partial charge in [-0.3, -0.25) is 4.90 Å². The first kappa shape index (κ1) is 13.5. The predicted octanol–water partition coefficient (Wildman–Crippen LogP) is 0.961. The average Bonchev–Trinajstić information content (AvgIpc) is 2.78. The maximum absolute atomic E-state index is 12.2. The van der Waals surface area contributed by atoms with Crippen molar-refractivity contribution in [2.24, 2.45) is 0 Å². The summed E-state index contributed by atoms with van der Waals surface area (Å²) < 4.78 is 5.21. The highest BCUT2D eigenvalue weighted by Gasteiger charge is 2.32. The van der Waals surface area contributed by atoms with Crippen molar-refractivity contribution in [1.29, 1.82) is 0 Å². The molecule has 0 saturated carbocycles. The maximum atomic E-state index is 12.2. The molecule has 2 heterocycles. The molecule has 0 bridgehead atoms. The number of thiazole rings is 1.